The maximum absolute atomic E-state index is 12.5. The van der Waals surface area contributed by atoms with Crippen molar-refractivity contribution >= 4 is 16.0 Å². The van der Waals surface area contributed by atoms with Crippen molar-refractivity contribution < 1.29 is 22.7 Å². The van der Waals surface area contributed by atoms with Gasteiger partial charge in [-0.3, -0.25) is 0 Å². The molecule has 112 valence electrons. The summed E-state index contributed by atoms with van der Waals surface area (Å²) < 4.78 is 30.8. The van der Waals surface area contributed by atoms with E-state index < -0.39 is 21.8 Å². The number of hydrogen-bond donors (Lipinski definition) is 1. The lowest BCUT2D eigenvalue weighted by Crippen LogP contribution is -2.33. The summed E-state index contributed by atoms with van der Waals surface area (Å²) in [5, 5.41) is 26.0. The van der Waals surface area contributed by atoms with Crippen LogP contribution in [0.15, 0.2) is 15.4 Å². The van der Waals surface area contributed by atoms with E-state index in [0.717, 1.165) is 10.4 Å². The fourth-order valence-electron chi connectivity index (χ4n) is 1.67. The molecule has 1 rings (SSSR count). The Morgan fingerprint density at radius 3 is 2.24 bits per heavy atom. The molecular weight excluding hydrogens is 298 g/mol. The second-order valence-corrected chi connectivity index (χ2v) is 5.96. The van der Waals surface area contributed by atoms with Gasteiger partial charge in [-0.05, 0) is 6.92 Å². The lowest BCUT2D eigenvalue weighted by molar-refractivity contribution is 0.0661. The molecule has 8 nitrogen and oxygen atoms in total. The standard InChI is InChI=1S/C12H13N3O5S/c1-9-11(8-10(20-9)12(16)17)21(18,19)15(6-2-4-13)7-3-5-14/h8H,2-3,6-7H2,1H3,(H,16,17). The average molecular weight is 311 g/mol. The predicted octanol–water partition coefficient (Wildman–Crippen LogP) is 1.10. The van der Waals surface area contributed by atoms with E-state index in [1.165, 1.54) is 6.92 Å². The monoisotopic (exact) mass is 311 g/mol. The SMILES string of the molecule is Cc1oc(C(=O)O)cc1S(=O)(=O)N(CCC#N)CCC#N. The lowest BCUT2D eigenvalue weighted by Gasteiger charge is -2.19. The van der Waals surface area contributed by atoms with Gasteiger partial charge in [0.05, 0.1) is 12.1 Å². The molecule has 0 aliphatic rings. The maximum Gasteiger partial charge on any atom is 0.371 e. The van der Waals surface area contributed by atoms with Gasteiger partial charge < -0.3 is 9.52 Å². The van der Waals surface area contributed by atoms with Gasteiger partial charge in [-0.1, -0.05) is 0 Å². The van der Waals surface area contributed by atoms with Crippen LogP contribution in [-0.2, 0) is 10.0 Å². The Balaban J connectivity index is 3.19. The highest BCUT2D eigenvalue weighted by molar-refractivity contribution is 7.89. The van der Waals surface area contributed by atoms with Gasteiger partial charge in [0, 0.05) is 32.0 Å². The lowest BCUT2D eigenvalue weighted by atomic mass is 10.4. The van der Waals surface area contributed by atoms with E-state index in [0.29, 0.717) is 0 Å². The molecule has 1 N–H and O–H groups in total. The Morgan fingerprint density at radius 1 is 1.33 bits per heavy atom. The van der Waals surface area contributed by atoms with Crippen LogP contribution in [-0.4, -0.2) is 36.9 Å². The fraction of sp³-hybridized carbons (Fsp3) is 0.417. The maximum atomic E-state index is 12.5. The quantitative estimate of drug-likeness (QED) is 0.796. The van der Waals surface area contributed by atoms with Crippen LogP contribution in [0.25, 0.3) is 0 Å². The topological polar surface area (TPSA) is 135 Å². The zero-order valence-corrected chi connectivity index (χ0v) is 12.1. The van der Waals surface area contributed by atoms with E-state index in [1.54, 1.807) is 0 Å². The van der Waals surface area contributed by atoms with Crippen molar-refractivity contribution in [1.82, 2.24) is 4.31 Å². The number of carboxylic acids is 1. The first-order valence-electron chi connectivity index (χ1n) is 5.92. The third-order valence-corrected chi connectivity index (χ3v) is 4.65. The van der Waals surface area contributed by atoms with Gasteiger partial charge in [0.25, 0.3) is 0 Å². The zero-order valence-electron chi connectivity index (χ0n) is 11.2. The second kappa shape index (κ2) is 6.88. The van der Waals surface area contributed by atoms with Gasteiger partial charge in [0.1, 0.15) is 10.7 Å². The van der Waals surface area contributed by atoms with Gasteiger partial charge in [-0.25, -0.2) is 13.2 Å². The first-order chi connectivity index (χ1) is 9.84. The fourth-order valence-corrected chi connectivity index (χ4v) is 3.27. The summed E-state index contributed by atoms with van der Waals surface area (Å²) in [7, 11) is -4.01. The summed E-state index contributed by atoms with van der Waals surface area (Å²) in [4.78, 5) is 10.6. The van der Waals surface area contributed by atoms with Crippen LogP contribution in [0.5, 0.6) is 0 Å². The number of nitrogens with zero attached hydrogens (tertiary/aromatic N) is 3. The van der Waals surface area contributed by atoms with Crippen molar-refractivity contribution in [3.05, 3.63) is 17.6 Å². The van der Waals surface area contributed by atoms with Crippen molar-refractivity contribution in [3.8, 4) is 12.1 Å². The molecule has 0 unspecified atom stereocenters. The molecule has 0 aliphatic carbocycles. The minimum absolute atomic E-state index is 0.0344. The number of nitriles is 2. The minimum Gasteiger partial charge on any atom is -0.475 e. The molecule has 0 bridgehead atoms. The van der Waals surface area contributed by atoms with E-state index in [9.17, 15) is 13.2 Å². The number of aromatic carboxylic acids is 1. The van der Waals surface area contributed by atoms with Gasteiger partial charge >= 0.3 is 5.97 Å². The number of carbonyl (C=O) groups is 1. The van der Waals surface area contributed by atoms with E-state index in [1.807, 2.05) is 12.1 Å². The highest BCUT2D eigenvalue weighted by Crippen LogP contribution is 2.24. The normalized spacial score (nSPS) is 11.0. The predicted molar refractivity (Wildman–Crippen MR) is 69.6 cm³/mol. The molecule has 0 aromatic carbocycles. The summed E-state index contributed by atoms with van der Waals surface area (Å²) in [5.74, 6) is -1.90. The minimum atomic E-state index is -4.01. The van der Waals surface area contributed by atoms with Crippen molar-refractivity contribution in [2.75, 3.05) is 13.1 Å². The van der Waals surface area contributed by atoms with Crippen LogP contribution in [0.3, 0.4) is 0 Å². The summed E-state index contributed by atoms with van der Waals surface area (Å²) in [6.07, 6.45) is -0.0688. The third kappa shape index (κ3) is 3.81. The van der Waals surface area contributed by atoms with E-state index in [2.05, 4.69) is 0 Å². The van der Waals surface area contributed by atoms with Crippen LogP contribution in [0.1, 0.15) is 29.2 Å². The van der Waals surface area contributed by atoms with E-state index in [-0.39, 0.29) is 36.6 Å². The second-order valence-electron chi connectivity index (χ2n) is 4.06. The van der Waals surface area contributed by atoms with E-state index >= 15 is 0 Å². The van der Waals surface area contributed by atoms with Crippen molar-refractivity contribution in [2.45, 2.75) is 24.7 Å². The van der Waals surface area contributed by atoms with Crippen LogP contribution in [0.2, 0.25) is 0 Å². The molecule has 0 spiro atoms. The first-order valence-corrected chi connectivity index (χ1v) is 7.36. The van der Waals surface area contributed by atoms with Crippen molar-refractivity contribution in [1.29, 1.82) is 10.5 Å². The molecular formula is C12H13N3O5S. The highest BCUT2D eigenvalue weighted by Gasteiger charge is 2.29. The molecule has 1 aromatic rings. The Morgan fingerprint density at radius 2 is 1.86 bits per heavy atom. The number of aryl methyl sites for hydroxylation is 1. The average Bonchev–Trinajstić information content (AvgIpc) is 2.81. The molecule has 0 fully saturated rings. The molecule has 0 saturated heterocycles. The van der Waals surface area contributed by atoms with Crippen molar-refractivity contribution in [3.63, 3.8) is 0 Å². The number of rotatable bonds is 7. The Kier molecular flexibility index (Phi) is 5.47. The molecule has 0 saturated carbocycles. The first kappa shape index (κ1) is 16.7. The Hall–Kier alpha value is -2.36. The molecule has 9 heteroatoms. The molecule has 0 radical (unpaired) electrons. The summed E-state index contributed by atoms with van der Waals surface area (Å²) >= 11 is 0. The van der Waals surface area contributed by atoms with Crippen LogP contribution in [0, 0.1) is 29.6 Å². The van der Waals surface area contributed by atoms with Crippen LogP contribution < -0.4 is 0 Å². The molecule has 0 amide bonds. The number of carboxylic acid groups (broad SMARTS) is 1. The smallest absolute Gasteiger partial charge is 0.371 e. The summed E-state index contributed by atoms with van der Waals surface area (Å²) in [6.45, 7) is 1.19. The number of sulfonamides is 1. The molecule has 1 aromatic heterocycles. The van der Waals surface area contributed by atoms with Gasteiger partial charge in [0.2, 0.25) is 15.8 Å². The number of furan rings is 1. The largest absolute Gasteiger partial charge is 0.475 e. The number of hydrogen-bond acceptors (Lipinski definition) is 6. The Bertz CT molecular complexity index is 690. The van der Waals surface area contributed by atoms with Crippen LogP contribution >= 0.6 is 0 Å². The highest BCUT2D eigenvalue weighted by atomic mass is 32.2. The molecule has 21 heavy (non-hydrogen) atoms. The molecule has 0 aliphatic heterocycles. The molecule has 1 heterocycles. The van der Waals surface area contributed by atoms with Gasteiger partial charge in [-0.2, -0.15) is 14.8 Å². The molecule has 0 atom stereocenters. The third-order valence-electron chi connectivity index (χ3n) is 2.65. The van der Waals surface area contributed by atoms with Gasteiger partial charge in [0.15, 0.2) is 0 Å². The summed E-state index contributed by atoms with van der Waals surface area (Å²) in [5.41, 5.74) is 0. The van der Waals surface area contributed by atoms with Gasteiger partial charge in [-0.15, -0.1) is 0 Å². The zero-order chi connectivity index (χ0) is 16.0. The van der Waals surface area contributed by atoms with Crippen molar-refractivity contribution in [2.24, 2.45) is 0 Å². The Labute approximate surface area is 121 Å². The van der Waals surface area contributed by atoms with Crippen LogP contribution in [0.4, 0.5) is 0 Å². The summed E-state index contributed by atoms with van der Waals surface area (Å²) in [6, 6.07) is 4.59. The van der Waals surface area contributed by atoms with E-state index in [4.69, 9.17) is 20.0 Å².